The molecule has 256 valence electrons. The molecule has 5 atom stereocenters. The molecule has 13 nitrogen and oxygen atoms in total. The van der Waals surface area contributed by atoms with E-state index in [2.05, 4.69) is 26.6 Å². The zero-order chi connectivity index (χ0) is 34.4. The van der Waals surface area contributed by atoms with Gasteiger partial charge in [0.05, 0.1) is 12.9 Å². The van der Waals surface area contributed by atoms with Crippen LogP contribution in [0.25, 0.3) is 0 Å². The van der Waals surface area contributed by atoms with Gasteiger partial charge < -0.3 is 35.7 Å². The molecule has 2 rings (SSSR count). The van der Waals surface area contributed by atoms with Crippen molar-refractivity contribution in [3.05, 3.63) is 36.3 Å². The number of rotatable bonds is 18. The Bertz CT molecular complexity index is 1210. The summed E-state index contributed by atoms with van der Waals surface area (Å²) in [6.45, 7) is 13.5. The molecule has 5 N–H and O–H groups in total. The minimum atomic E-state index is -1.01. The average Bonchev–Trinajstić information content (AvgIpc) is 3.67. The third-order valence-electron chi connectivity index (χ3n) is 7.67. The second-order valence-electron chi connectivity index (χ2n) is 12.7. The highest BCUT2D eigenvalue weighted by atomic mass is 16.5. The van der Waals surface area contributed by atoms with Crippen LogP contribution in [0.15, 0.2) is 35.0 Å². The van der Waals surface area contributed by atoms with E-state index in [1.165, 1.54) is 24.5 Å². The van der Waals surface area contributed by atoms with Crippen LogP contribution >= 0.6 is 0 Å². The van der Waals surface area contributed by atoms with Crippen molar-refractivity contribution < 1.29 is 37.9 Å². The number of esters is 1. The number of nitrogens with one attached hydrogen (secondary N) is 5. The number of amides is 5. The number of ether oxygens (including phenoxy) is 1. The second kappa shape index (κ2) is 18.7. The number of carbonyl (C=O) groups is 6. The van der Waals surface area contributed by atoms with Crippen LogP contribution in [0.1, 0.15) is 84.7 Å². The standard InChI is InChI=1S/C33H51N5O8/c1-8-45-26(39)14-12-23(18-22-15-16-34-29(22)40)35-30(41)24(13-11-19(2)3)36-32(43)27(20(4)5)38-33(44)28(21(6)7)37-31(42)25-10-9-17-46-25/h9-10,12,14,17,19-24,27-28H,8,11,13,15-16,18H2,1-7H3,(H,34,40)(H,35,41)(H,36,43)(H,37,42)(H,38,44)/b14-12+/t22-,23+,24-,27-,28-/m0/s1. The molecule has 0 spiro atoms. The number of furan rings is 1. The fraction of sp³-hybridized carbons (Fsp3) is 0.636. The van der Waals surface area contributed by atoms with E-state index in [1.807, 2.05) is 13.8 Å². The molecule has 0 saturated carbocycles. The van der Waals surface area contributed by atoms with Crippen LogP contribution in [0.5, 0.6) is 0 Å². The van der Waals surface area contributed by atoms with E-state index < -0.39 is 53.8 Å². The zero-order valence-corrected chi connectivity index (χ0v) is 28.0. The van der Waals surface area contributed by atoms with Gasteiger partial charge in [-0.15, -0.1) is 0 Å². The van der Waals surface area contributed by atoms with Gasteiger partial charge in [0.1, 0.15) is 18.1 Å². The van der Waals surface area contributed by atoms with Gasteiger partial charge in [0.15, 0.2) is 5.76 Å². The minimum Gasteiger partial charge on any atom is -0.463 e. The van der Waals surface area contributed by atoms with E-state index in [4.69, 9.17) is 9.15 Å². The molecule has 2 heterocycles. The summed E-state index contributed by atoms with van der Waals surface area (Å²) in [6, 6.07) is -0.541. The Hall–Kier alpha value is -4.16. The third-order valence-corrected chi connectivity index (χ3v) is 7.67. The van der Waals surface area contributed by atoms with Crippen LogP contribution in [0.2, 0.25) is 0 Å². The Morgan fingerprint density at radius 2 is 1.59 bits per heavy atom. The Morgan fingerprint density at radius 3 is 2.13 bits per heavy atom. The second-order valence-corrected chi connectivity index (χ2v) is 12.7. The first-order chi connectivity index (χ1) is 21.7. The fourth-order valence-corrected chi connectivity index (χ4v) is 4.99. The summed E-state index contributed by atoms with van der Waals surface area (Å²) < 4.78 is 10.1. The predicted molar refractivity (Wildman–Crippen MR) is 171 cm³/mol. The molecule has 1 aliphatic rings. The molecule has 1 saturated heterocycles. The Morgan fingerprint density at radius 1 is 0.935 bits per heavy atom. The molecule has 0 radical (unpaired) electrons. The van der Waals surface area contributed by atoms with Crippen LogP contribution in [-0.2, 0) is 28.7 Å². The quantitative estimate of drug-likeness (QED) is 0.119. The van der Waals surface area contributed by atoms with Crippen molar-refractivity contribution in [2.75, 3.05) is 13.2 Å². The van der Waals surface area contributed by atoms with Gasteiger partial charge in [-0.3, -0.25) is 24.0 Å². The molecule has 1 aromatic rings. The summed E-state index contributed by atoms with van der Waals surface area (Å²) in [5.74, 6) is -3.55. The van der Waals surface area contributed by atoms with E-state index in [0.29, 0.717) is 25.8 Å². The number of hydrogen-bond acceptors (Lipinski definition) is 8. The first-order valence-corrected chi connectivity index (χ1v) is 16.1. The molecular weight excluding hydrogens is 594 g/mol. The van der Waals surface area contributed by atoms with Gasteiger partial charge in [0, 0.05) is 24.6 Å². The highest BCUT2D eigenvalue weighted by molar-refractivity contribution is 5.97. The van der Waals surface area contributed by atoms with Crippen molar-refractivity contribution in [2.24, 2.45) is 23.7 Å². The summed E-state index contributed by atoms with van der Waals surface area (Å²) >= 11 is 0. The average molecular weight is 646 g/mol. The van der Waals surface area contributed by atoms with Gasteiger partial charge in [-0.25, -0.2) is 4.79 Å². The monoisotopic (exact) mass is 645 g/mol. The van der Waals surface area contributed by atoms with Crippen LogP contribution < -0.4 is 26.6 Å². The molecule has 0 aromatic carbocycles. The van der Waals surface area contributed by atoms with Crippen LogP contribution in [0.4, 0.5) is 0 Å². The molecule has 1 aromatic heterocycles. The fourth-order valence-electron chi connectivity index (χ4n) is 4.99. The van der Waals surface area contributed by atoms with Crippen LogP contribution in [0.3, 0.4) is 0 Å². The normalized spacial score (nSPS) is 17.3. The van der Waals surface area contributed by atoms with Crippen LogP contribution in [-0.4, -0.2) is 72.8 Å². The zero-order valence-electron chi connectivity index (χ0n) is 28.0. The number of carbonyl (C=O) groups excluding carboxylic acids is 6. The van der Waals surface area contributed by atoms with Gasteiger partial charge in [0.2, 0.25) is 23.6 Å². The highest BCUT2D eigenvalue weighted by Gasteiger charge is 2.34. The van der Waals surface area contributed by atoms with E-state index >= 15 is 0 Å². The van der Waals surface area contributed by atoms with Crippen molar-refractivity contribution in [3.63, 3.8) is 0 Å². The van der Waals surface area contributed by atoms with E-state index in [-0.39, 0.29) is 48.4 Å². The SMILES string of the molecule is CCOC(=O)/C=C/[C@H](C[C@@H]1CCNC1=O)NC(=O)[C@H](CCC(C)C)NC(=O)[C@@H](NC(=O)[C@@H](NC(=O)c1ccco1)C(C)C)C(C)C. The van der Waals surface area contributed by atoms with E-state index in [9.17, 15) is 28.8 Å². The molecule has 46 heavy (non-hydrogen) atoms. The maximum absolute atomic E-state index is 13.7. The lowest BCUT2D eigenvalue weighted by atomic mass is 9.96. The first kappa shape index (κ1) is 38.0. The summed E-state index contributed by atoms with van der Waals surface area (Å²) in [4.78, 5) is 77.5. The maximum atomic E-state index is 13.7. The Balaban J connectivity index is 2.21. The van der Waals surface area contributed by atoms with Crippen LogP contribution in [0, 0.1) is 23.7 Å². The Kier molecular flexibility index (Phi) is 15.5. The molecule has 0 aliphatic carbocycles. The highest BCUT2D eigenvalue weighted by Crippen LogP contribution is 2.18. The largest absolute Gasteiger partial charge is 0.463 e. The Labute approximate surface area is 271 Å². The molecule has 5 amide bonds. The maximum Gasteiger partial charge on any atom is 0.330 e. The molecule has 0 unspecified atom stereocenters. The molecule has 1 aliphatic heterocycles. The van der Waals surface area contributed by atoms with Crippen molar-refractivity contribution >= 4 is 35.5 Å². The minimum absolute atomic E-state index is 0.0552. The number of hydrogen-bond donors (Lipinski definition) is 5. The van der Waals surface area contributed by atoms with Crippen molar-refractivity contribution in [2.45, 2.75) is 98.3 Å². The van der Waals surface area contributed by atoms with Crippen molar-refractivity contribution in [3.8, 4) is 0 Å². The predicted octanol–water partition coefficient (Wildman–Crippen LogP) is 2.23. The molecule has 1 fully saturated rings. The summed E-state index contributed by atoms with van der Waals surface area (Å²) in [7, 11) is 0. The van der Waals surface area contributed by atoms with Gasteiger partial charge in [-0.2, -0.15) is 0 Å². The lowest BCUT2D eigenvalue weighted by Gasteiger charge is -2.29. The van der Waals surface area contributed by atoms with Crippen molar-refractivity contribution in [1.82, 2.24) is 26.6 Å². The van der Waals surface area contributed by atoms with Gasteiger partial charge in [-0.1, -0.05) is 47.6 Å². The molecular formula is C33H51N5O8. The third kappa shape index (κ3) is 12.3. The van der Waals surface area contributed by atoms with E-state index in [0.717, 1.165) is 0 Å². The first-order valence-electron chi connectivity index (χ1n) is 16.1. The van der Waals surface area contributed by atoms with Gasteiger partial charge in [0.25, 0.3) is 5.91 Å². The van der Waals surface area contributed by atoms with E-state index in [1.54, 1.807) is 40.7 Å². The lowest BCUT2D eigenvalue weighted by molar-refractivity contribution is -0.137. The lowest BCUT2D eigenvalue weighted by Crippen LogP contribution is -2.59. The van der Waals surface area contributed by atoms with Gasteiger partial charge >= 0.3 is 5.97 Å². The summed E-state index contributed by atoms with van der Waals surface area (Å²) in [6.07, 6.45) is 5.89. The molecule has 13 heteroatoms. The summed E-state index contributed by atoms with van der Waals surface area (Å²) in [5, 5.41) is 13.9. The van der Waals surface area contributed by atoms with Crippen molar-refractivity contribution in [1.29, 1.82) is 0 Å². The smallest absolute Gasteiger partial charge is 0.330 e. The topological polar surface area (TPSA) is 185 Å². The molecule has 0 bridgehead atoms. The van der Waals surface area contributed by atoms with Gasteiger partial charge in [-0.05, 0) is 62.5 Å². The summed E-state index contributed by atoms with van der Waals surface area (Å²) in [5.41, 5.74) is 0.